The number of rotatable bonds is 5. The topological polar surface area (TPSA) is 53.4 Å². The lowest BCUT2D eigenvalue weighted by molar-refractivity contribution is 0.0912. The van der Waals surface area contributed by atoms with Crippen molar-refractivity contribution in [3.8, 4) is 5.69 Å². The van der Waals surface area contributed by atoms with Gasteiger partial charge in [0.25, 0.3) is 5.91 Å². The number of benzene rings is 1. The van der Waals surface area contributed by atoms with E-state index in [1.807, 2.05) is 49.1 Å². The summed E-state index contributed by atoms with van der Waals surface area (Å²) < 4.78 is 1.93. The monoisotopic (exact) mass is 341 g/mol. The Kier molecular flexibility index (Phi) is 5.50. The Balaban J connectivity index is 1.78. The first-order valence-corrected chi connectivity index (χ1v) is 8.79. The van der Waals surface area contributed by atoms with Crippen LogP contribution in [0.2, 0.25) is 0 Å². The molecule has 0 radical (unpaired) electrons. The largest absolute Gasteiger partial charge is 0.348 e. The quantitative estimate of drug-likeness (QED) is 0.900. The third-order valence-electron chi connectivity index (χ3n) is 4.50. The van der Waals surface area contributed by atoms with E-state index < -0.39 is 0 Å². The second-order valence-electron chi connectivity index (χ2n) is 7.10. The van der Waals surface area contributed by atoms with Crippen molar-refractivity contribution in [3.63, 3.8) is 0 Å². The highest BCUT2D eigenvalue weighted by atomic mass is 16.1. The fraction of sp³-hybridized carbons (Fsp3) is 0.474. The first kappa shape index (κ1) is 17.6. The zero-order valence-corrected chi connectivity index (χ0v) is 15.3. The van der Waals surface area contributed by atoms with Crippen LogP contribution in [0.3, 0.4) is 0 Å². The van der Waals surface area contributed by atoms with Crippen molar-refractivity contribution in [2.24, 2.45) is 0 Å². The van der Waals surface area contributed by atoms with Crippen molar-refractivity contribution in [1.29, 1.82) is 0 Å². The number of nitrogens with zero attached hydrogens (tertiary/aromatic N) is 4. The average Bonchev–Trinajstić information content (AvgIpc) is 3.02. The first-order chi connectivity index (χ1) is 12.0. The number of carbonyl (C=O) groups excluding carboxylic acids is 1. The molecule has 2 heterocycles. The molecular weight excluding hydrogens is 314 g/mol. The van der Waals surface area contributed by atoms with Crippen molar-refractivity contribution in [2.45, 2.75) is 25.4 Å². The van der Waals surface area contributed by atoms with Crippen LogP contribution in [0.4, 0.5) is 0 Å². The third-order valence-corrected chi connectivity index (χ3v) is 4.50. The molecule has 3 rings (SSSR count). The summed E-state index contributed by atoms with van der Waals surface area (Å²) in [4.78, 5) is 21.6. The van der Waals surface area contributed by atoms with Crippen LogP contribution in [0, 0.1) is 0 Å². The molecule has 1 aliphatic rings. The number of amides is 1. The molecule has 1 saturated heterocycles. The Morgan fingerprint density at radius 2 is 2.16 bits per heavy atom. The van der Waals surface area contributed by atoms with E-state index in [-0.39, 0.29) is 11.9 Å². The number of para-hydroxylation sites is 1. The molecule has 0 bridgehead atoms. The summed E-state index contributed by atoms with van der Waals surface area (Å²) in [6.45, 7) is 2.79. The van der Waals surface area contributed by atoms with Crippen molar-refractivity contribution < 1.29 is 4.79 Å². The van der Waals surface area contributed by atoms with Gasteiger partial charge in [0.05, 0.1) is 23.3 Å². The Labute approximate surface area is 149 Å². The Hall–Kier alpha value is -2.18. The van der Waals surface area contributed by atoms with E-state index in [1.54, 1.807) is 6.33 Å². The maximum Gasteiger partial charge on any atom is 0.253 e. The van der Waals surface area contributed by atoms with Crippen LogP contribution in [-0.4, -0.2) is 65.5 Å². The minimum absolute atomic E-state index is 0.0150. The average molecular weight is 341 g/mol. The number of hydrogen-bond acceptors (Lipinski definition) is 4. The molecule has 1 aromatic carbocycles. The maximum absolute atomic E-state index is 12.8. The number of likely N-dealkylation sites (tertiary alicyclic amines) is 1. The van der Waals surface area contributed by atoms with Crippen LogP contribution in [0.25, 0.3) is 5.69 Å². The van der Waals surface area contributed by atoms with Gasteiger partial charge in [0.2, 0.25) is 0 Å². The number of hydrogen-bond donors (Lipinski definition) is 1. The zero-order valence-electron chi connectivity index (χ0n) is 15.3. The summed E-state index contributed by atoms with van der Waals surface area (Å²) in [5.41, 5.74) is 2.53. The summed E-state index contributed by atoms with van der Waals surface area (Å²) in [6, 6.07) is 7.91. The normalized spacial score (nSPS) is 18.5. The highest BCUT2D eigenvalue weighted by Gasteiger charge is 2.21. The Bertz CT molecular complexity index is 724. The highest BCUT2D eigenvalue weighted by molar-refractivity contribution is 5.98. The molecule has 0 spiro atoms. The lowest BCUT2D eigenvalue weighted by atomic mass is 10.1. The zero-order chi connectivity index (χ0) is 17.8. The van der Waals surface area contributed by atoms with Crippen LogP contribution in [0.15, 0.2) is 36.8 Å². The van der Waals surface area contributed by atoms with E-state index in [0.29, 0.717) is 5.56 Å². The minimum Gasteiger partial charge on any atom is -0.348 e. The molecule has 2 aromatic rings. The van der Waals surface area contributed by atoms with Crippen LogP contribution in [0.1, 0.15) is 28.9 Å². The Morgan fingerprint density at radius 1 is 1.36 bits per heavy atom. The predicted octanol–water partition coefficient (Wildman–Crippen LogP) is 1.76. The van der Waals surface area contributed by atoms with E-state index in [9.17, 15) is 4.79 Å². The lowest BCUT2D eigenvalue weighted by Gasteiger charge is -2.30. The van der Waals surface area contributed by atoms with Gasteiger partial charge in [0, 0.05) is 25.3 Å². The van der Waals surface area contributed by atoms with E-state index in [0.717, 1.165) is 43.9 Å². The van der Waals surface area contributed by atoms with Gasteiger partial charge in [-0.2, -0.15) is 0 Å². The van der Waals surface area contributed by atoms with Crippen molar-refractivity contribution in [1.82, 2.24) is 24.7 Å². The number of piperidine rings is 1. The summed E-state index contributed by atoms with van der Waals surface area (Å²) in [7, 11) is 6.13. The van der Waals surface area contributed by atoms with Gasteiger partial charge in [-0.1, -0.05) is 12.1 Å². The van der Waals surface area contributed by atoms with Gasteiger partial charge in [-0.15, -0.1) is 0 Å². The molecule has 1 amide bonds. The predicted molar refractivity (Wildman–Crippen MR) is 98.9 cm³/mol. The van der Waals surface area contributed by atoms with E-state index in [2.05, 4.69) is 27.1 Å². The molecule has 134 valence electrons. The number of carbonyl (C=O) groups is 1. The minimum atomic E-state index is -0.0150. The SMILES string of the molecule is CN(C)Cc1cn(-c2ccccc2C(=O)NC2CCCN(C)C2)cn1. The highest BCUT2D eigenvalue weighted by Crippen LogP contribution is 2.17. The van der Waals surface area contributed by atoms with Gasteiger partial charge in [-0.25, -0.2) is 4.98 Å². The summed E-state index contributed by atoms with van der Waals surface area (Å²) in [5, 5.41) is 3.19. The van der Waals surface area contributed by atoms with Gasteiger partial charge in [-0.3, -0.25) is 4.79 Å². The van der Waals surface area contributed by atoms with Gasteiger partial charge < -0.3 is 19.7 Å². The van der Waals surface area contributed by atoms with Gasteiger partial charge in [0.1, 0.15) is 0 Å². The third kappa shape index (κ3) is 4.46. The second kappa shape index (κ2) is 7.80. The summed E-state index contributed by atoms with van der Waals surface area (Å²) in [5.74, 6) is -0.0150. The lowest BCUT2D eigenvalue weighted by Crippen LogP contribution is -2.46. The molecule has 25 heavy (non-hydrogen) atoms. The molecular formula is C19H27N5O. The standard InChI is InChI=1S/C19H27N5O/c1-22(2)11-16-13-24(14-20-16)18-9-5-4-8-17(18)19(25)21-15-7-6-10-23(3)12-15/h4-5,8-9,13-15H,6-7,10-12H2,1-3H3,(H,21,25). The number of nitrogens with one attached hydrogen (secondary N) is 1. The van der Waals surface area contributed by atoms with E-state index in [1.165, 1.54) is 0 Å². The molecule has 1 atom stereocenters. The molecule has 6 nitrogen and oxygen atoms in total. The fourth-order valence-corrected chi connectivity index (χ4v) is 3.34. The van der Waals surface area contributed by atoms with Crippen molar-refractivity contribution in [3.05, 3.63) is 48.0 Å². The molecule has 1 fully saturated rings. The smallest absolute Gasteiger partial charge is 0.253 e. The fourth-order valence-electron chi connectivity index (χ4n) is 3.34. The second-order valence-corrected chi connectivity index (χ2v) is 7.10. The van der Waals surface area contributed by atoms with Crippen LogP contribution in [-0.2, 0) is 6.54 Å². The molecule has 1 aromatic heterocycles. The summed E-state index contributed by atoms with van der Waals surface area (Å²) >= 11 is 0. The van der Waals surface area contributed by atoms with Gasteiger partial charge in [0.15, 0.2) is 0 Å². The van der Waals surface area contributed by atoms with Crippen LogP contribution >= 0.6 is 0 Å². The first-order valence-electron chi connectivity index (χ1n) is 8.79. The van der Waals surface area contributed by atoms with Gasteiger partial charge >= 0.3 is 0 Å². The van der Waals surface area contributed by atoms with Crippen LogP contribution in [0.5, 0.6) is 0 Å². The Morgan fingerprint density at radius 3 is 2.92 bits per heavy atom. The molecule has 0 saturated carbocycles. The van der Waals surface area contributed by atoms with Crippen LogP contribution < -0.4 is 5.32 Å². The van der Waals surface area contributed by atoms with E-state index >= 15 is 0 Å². The van der Waals surface area contributed by atoms with Gasteiger partial charge in [-0.05, 0) is 52.7 Å². The number of imidazole rings is 1. The number of likely N-dealkylation sites (N-methyl/N-ethyl adjacent to an activating group) is 1. The van der Waals surface area contributed by atoms with Crippen molar-refractivity contribution >= 4 is 5.91 Å². The maximum atomic E-state index is 12.8. The van der Waals surface area contributed by atoms with Crippen molar-refractivity contribution in [2.75, 3.05) is 34.2 Å². The molecule has 1 N–H and O–H groups in total. The molecule has 6 heteroatoms. The number of aromatic nitrogens is 2. The van der Waals surface area contributed by atoms with E-state index in [4.69, 9.17) is 0 Å². The molecule has 1 aliphatic heterocycles. The molecule has 1 unspecified atom stereocenters. The molecule has 0 aliphatic carbocycles. The summed E-state index contributed by atoms with van der Waals surface area (Å²) in [6.07, 6.45) is 5.93.